The normalized spacial score (nSPS) is 14.6. The van der Waals surface area contributed by atoms with Gasteiger partial charge in [0.2, 0.25) is 0 Å². The van der Waals surface area contributed by atoms with Crippen molar-refractivity contribution in [2.24, 2.45) is 0 Å². The number of hydrogen-bond acceptors (Lipinski definition) is 6. The fourth-order valence-electron chi connectivity index (χ4n) is 4.17. The summed E-state index contributed by atoms with van der Waals surface area (Å²) in [4.78, 5) is 12.9. The molecule has 35 heavy (non-hydrogen) atoms. The summed E-state index contributed by atoms with van der Waals surface area (Å²) in [5, 5.41) is 17.0. The van der Waals surface area contributed by atoms with E-state index in [2.05, 4.69) is 50.2 Å². The summed E-state index contributed by atoms with van der Waals surface area (Å²) in [7, 11) is 0. The van der Waals surface area contributed by atoms with E-state index in [0.29, 0.717) is 29.4 Å². The quantitative estimate of drug-likeness (QED) is 0.337. The van der Waals surface area contributed by atoms with Crippen LogP contribution in [0.3, 0.4) is 0 Å². The highest BCUT2D eigenvalue weighted by Gasteiger charge is 2.26. The Balaban J connectivity index is 1.14. The van der Waals surface area contributed by atoms with Crippen LogP contribution in [0.1, 0.15) is 52.7 Å². The number of fused-ring (bicyclic) bond motifs is 1. The predicted molar refractivity (Wildman–Crippen MR) is 132 cm³/mol. The lowest BCUT2D eigenvalue weighted by atomic mass is 10.0. The van der Waals surface area contributed by atoms with Crippen molar-refractivity contribution in [2.45, 2.75) is 38.2 Å². The van der Waals surface area contributed by atoms with Gasteiger partial charge in [0, 0.05) is 5.56 Å². The predicted octanol–water partition coefficient (Wildman–Crippen LogP) is 4.92. The van der Waals surface area contributed by atoms with Crippen LogP contribution in [-0.4, -0.2) is 33.1 Å². The molecular formula is C27H27N5O3. The van der Waals surface area contributed by atoms with E-state index < -0.39 is 0 Å². The lowest BCUT2D eigenvalue weighted by Gasteiger charge is -2.26. The van der Waals surface area contributed by atoms with Crippen molar-refractivity contribution in [1.82, 2.24) is 20.6 Å². The fraction of sp³-hybridized carbons (Fsp3) is 0.259. The monoisotopic (exact) mass is 469 g/mol. The first-order chi connectivity index (χ1) is 17.3. The molecule has 0 bridgehead atoms. The third-order valence-electron chi connectivity index (χ3n) is 6.04. The number of nitrogens with one attached hydrogen (secondary N) is 2. The SMILES string of the molecule is O=C(Nc1cccc2c1OC(c1nnn[nH]1)CC2)c1ccc(OCCCCc2ccccc2)cc1. The lowest BCUT2D eigenvalue weighted by molar-refractivity contribution is 0.102. The molecule has 0 aliphatic carbocycles. The van der Waals surface area contributed by atoms with E-state index in [9.17, 15) is 4.79 Å². The maximum absolute atomic E-state index is 12.9. The number of carbonyl (C=O) groups is 1. The Morgan fingerprint density at radius 2 is 1.89 bits per heavy atom. The van der Waals surface area contributed by atoms with Crippen LogP contribution < -0.4 is 14.8 Å². The Labute approximate surface area is 203 Å². The largest absolute Gasteiger partial charge is 0.494 e. The number of para-hydroxylation sites is 1. The molecule has 1 amide bonds. The van der Waals surface area contributed by atoms with Gasteiger partial charge in [0.25, 0.3) is 5.91 Å². The molecule has 0 spiro atoms. The van der Waals surface area contributed by atoms with E-state index in [-0.39, 0.29) is 12.0 Å². The minimum atomic E-state index is -0.278. The Morgan fingerprint density at radius 1 is 1.03 bits per heavy atom. The minimum Gasteiger partial charge on any atom is -0.494 e. The highest BCUT2D eigenvalue weighted by molar-refractivity contribution is 6.05. The summed E-state index contributed by atoms with van der Waals surface area (Å²) in [6.45, 7) is 0.647. The fourth-order valence-corrected chi connectivity index (χ4v) is 4.17. The number of aromatic nitrogens is 4. The number of H-pyrrole nitrogens is 1. The van der Waals surface area contributed by atoms with E-state index in [1.807, 2.05) is 36.4 Å². The van der Waals surface area contributed by atoms with Crippen molar-refractivity contribution < 1.29 is 14.3 Å². The van der Waals surface area contributed by atoms with E-state index in [1.54, 1.807) is 12.1 Å². The molecule has 1 aromatic heterocycles. The molecule has 4 aromatic rings. The van der Waals surface area contributed by atoms with E-state index >= 15 is 0 Å². The van der Waals surface area contributed by atoms with E-state index in [4.69, 9.17) is 9.47 Å². The maximum Gasteiger partial charge on any atom is 0.255 e. The second-order valence-corrected chi connectivity index (χ2v) is 8.50. The van der Waals surface area contributed by atoms with Gasteiger partial charge in [-0.2, -0.15) is 0 Å². The summed E-state index contributed by atoms with van der Waals surface area (Å²) in [5.74, 6) is 1.78. The minimum absolute atomic E-state index is 0.208. The van der Waals surface area contributed by atoms with Crippen LogP contribution in [0.4, 0.5) is 5.69 Å². The number of carbonyl (C=O) groups excluding carboxylic acids is 1. The number of tetrazole rings is 1. The molecule has 1 unspecified atom stereocenters. The first-order valence-corrected chi connectivity index (χ1v) is 11.9. The Bertz CT molecular complexity index is 1240. The van der Waals surface area contributed by atoms with E-state index in [1.165, 1.54) is 5.56 Å². The van der Waals surface area contributed by atoms with E-state index in [0.717, 1.165) is 43.4 Å². The van der Waals surface area contributed by atoms with Crippen molar-refractivity contribution in [3.05, 3.63) is 95.3 Å². The molecule has 1 aliphatic rings. The molecule has 2 heterocycles. The molecule has 0 fully saturated rings. The smallest absolute Gasteiger partial charge is 0.255 e. The van der Waals surface area contributed by atoms with Gasteiger partial charge in [0.1, 0.15) is 11.5 Å². The summed E-state index contributed by atoms with van der Waals surface area (Å²) >= 11 is 0. The Kier molecular flexibility index (Phi) is 6.98. The van der Waals surface area contributed by atoms with Crippen LogP contribution in [0.2, 0.25) is 0 Å². The molecule has 8 heteroatoms. The molecule has 178 valence electrons. The number of aromatic amines is 1. The lowest BCUT2D eigenvalue weighted by Crippen LogP contribution is -2.19. The van der Waals surface area contributed by atoms with Crippen molar-refractivity contribution in [2.75, 3.05) is 11.9 Å². The van der Waals surface area contributed by atoms with Gasteiger partial charge in [-0.3, -0.25) is 4.79 Å². The van der Waals surface area contributed by atoms with Gasteiger partial charge in [-0.15, -0.1) is 5.10 Å². The zero-order chi connectivity index (χ0) is 23.9. The molecule has 0 saturated carbocycles. The number of ether oxygens (including phenoxy) is 2. The maximum atomic E-state index is 12.9. The van der Waals surface area contributed by atoms with Gasteiger partial charge in [-0.1, -0.05) is 42.5 Å². The molecule has 0 saturated heterocycles. The van der Waals surface area contributed by atoms with Crippen molar-refractivity contribution in [1.29, 1.82) is 0 Å². The number of hydrogen-bond donors (Lipinski definition) is 2. The third kappa shape index (κ3) is 5.66. The molecule has 1 aliphatic heterocycles. The summed E-state index contributed by atoms with van der Waals surface area (Å²) in [6, 6.07) is 23.4. The first kappa shape index (κ1) is 22.6. The molecular weight excluding hydrogens is 442 g/mol. The van der Waals surface area contributed by atoms with Crippen molar-refractivity contribution in [3.8, 4) is 11.5 Å². The summed E-state index contributed by atoms with van der Waals surface area (Å²) in [5.41, 5.74) is 3.57. The Hall–Kier alpha value is -4.20. The molecule has 1 atom stereocenters. The first-order valence-electron chi connectivity index (χ1n) is 11.9. The van der Waals surface area contributed by atoms with Crippen molar-refractivity contribution >= 4 is 11.6 Å². The average Bonchev–Trinajstić information content (AvgIpc) is 3.45. The number of nitrogens with zero attached hydrogens (tertiary/aromatic N) is 3. The zero-order valence-electron chi connectivity index (χ0n) is 19.3. The molecule has 3 aromatic carbocycles. The van der Waals surface area contributed by atoms with Crippen molar-refractivity contribution in [3.63, 3.8) is 0 Å². The zero-order valence-corrected chi connectivity index (χ0v) is 19.3. The average molecular weight is 470 g/mol. The Morgan fingerprint density at radius 3 is 2.69 bits per heavy atom. The highest BCUT2D eigenvalue weighted by Crippen LogP contribution is 2.39. The van der Waals surface area contributed by atoms with Crippen LogP contribution in [0.25, 0.3) is 0 Å². The molecule has 8 nitrogen and oxygen atoms in total. The molecule has 2 N–H and O–H groups in total. The van der Waals surface area contributed by atoms with Gasteiger partial charge in [0.05, 0.1) is 12.3 Å². The van der Waals surface area contributed by atoms with Crippen LogP contribution in [0, 0.1) is 0 Å². The van der Waals surface area contributed by atoms with Gasteiger partial charge in [-0.25, -0.2) is 5.10 Å². The number of aryl methyl sites for hydroxylation is 2. The second-order valence-electron chi connectivity index (χ2n) is 8.50. The number of rotatable bonds is 9. The topological polar surface area (TPSA) is 102 Å². The van der Waals surface area contributed by atoms with Gasteiger partial charge < -0.3 is 14.8 Å². The van der Waals surface area contributed by atoms with Crippen LogP contribution in [-0.2, 0) is 12.8 Å². The van der Waals surface area contributed by atoms with Crippen LogP contribution in [0.5, 0.6) is 11.5 Å². The summed E-state index contributed by atoms with van der Waals surface area (Å²) < 4.78 is 12.0. The number of benzene rings is 3. The van der Waals surface area contributed by atoms with Crippen LogP contribution in [0.15, 0.2) is 72.8 Å². The molecule has 0 radical (unpaired) electrons. The van der Waals surface area contributed by atoms with Gasteiger partial charge >= 0.3 is 0 Å². The van der Waals surface area contributed by atoms with Gasteiger partial charge in [-0.05, 0) is 84.0 Å². The highest BCUT2D eigenvalue weighted by atomic mass is 16.5. The number of anilines is 1. The second kappa shape index (κ2) is 10.8. The van der Waals surface area contributed by atoms with Crippen LogP contribution >= 0.6 is 0 Å². The number of amides is 1. The molecule has 5 rings (SSSR count). The summed E-state index contributed by atoms with van der Waals surface area (Å²) in [6.07, 6.45) is 4.38. The third-order valence-corrected chi connectivity index (χ3v) is 6.04. The standard InChI is InChI=1S/C27H27N5O3/c33-27(21-12-15-22(16-13-21)34-18-5-4-9-19-7-2-1-3-8-19)28-23-11-6-10-20-14-17-24(35-25(20)23)26-29-31-32-30-26/h1-3,6-8,10-13,15-16,24H,4-5,9,14,17-18H2,(H,28,33)(H,29,30,31,32). The number of unbranched alkanes of at least 4 members (excludes halogenated alkanes) is 1. The van der Waals surface area contributed by atoms with Gasteiger partial charge in [0.15, 0.2) is 11.9 Å².